The molecule has 1 amide bonds. The summed E-state index contributed by atoms with van der Waals surface area (Å²) >= 11 is 6.07. The number of nitrogens with one attached hydrogen (secondary N) is 1. The van der Waals surface area contributed by atoms with Crippen LogP contribution in [0.2, 0.25) is 5.02 Å². The second kappa shape index (κ2) is 11.5. The number of carbonyl (C=O) groups excluding carboxylic acids is 1. The first kappa shape index (κ1) is 24.4. The maximum absolute atomic E-state index is 13.0. The van der Waals surface area contributed by atoms with Gasteiger partial charge in [0.05, 0.1) is 36.2 Å². The number of aliphatic imine (C=N–C) groups is 1. The zero-order valence-corrected chi connectivity index (χ0v) is 17.1. The van der Waals surface area contributed by atoms with Crippen molar-refractivity contribution in [3.8, 4) is 0 Å². The van der Waals surface area contributed by atoms with Crippen molar-refractivity contribution in [1.82, 2.24) is 5.32 Å². The highest BCUT2D eigenvalue weighted by molar-refractivity contribution is 6.33. The van der Waals surface area contributed by atoms with Crippen LogP contribution in [0.3, 0.4) is 0 Å². The van der Waals surface area contributed by atoms with Gasteiger partial charge in [0.15, 0.2) is 0 Å². The normalized spacial score (nSPS) is 12.7. The zero-order valence-electron chi connectivity index (χ0n) is 16.3. The van der Waals surface area contributed by atoms with E-state index in [1.165, 1.54) is 24.3 Å². The smallest absolute Gasteiger partial charge is 0.395 e. The van der Waals surface area contributed by atoms with Gasteiger partial charge in [-0.2, -0.15) is 13.2 Å². The highest BCUT2D eigenvalue weighted by Gasteiger charge is 2.31. The minimum absolute atomic E-state index is 0.0627. The number of ether oxygens (including phenoxy) is 1. The summed E-state index contributed by atoms with van der Waals surface area (Å²) in [7, 11) is 0. The minimum atomic E-state index is -4.72. The lowest BCUT2D eigenvalue weighted by Gasteiger charge is -2.10. The Hall–Kier alpha value is -2.88. The summed E-state index contributed by atoms with van der Waals surface area (Å²) in [5.74, 6) is -0.380. The van der Waals surface area contributed by atoms with Crippen LogP contribution in [0.15, 0.2) is 65.3 Å². The fraction of sp³-hybridized carbons (Fsp3) is 0.238. The fourth-order valence-corrected chi connectivity index (χ4v) is 2.56. The second-order valence-corrected chi connectivity index (χ2v) is 6.62. The predicted molar refractivity (Wildman–Crippen MR) is 113 cm³/mol. The van der Waals surface area contributed by atoms with E-state index in [2.05, 4.69) is 10.3 Å². The van der Waals surface area contributed by atoms with Gasteiger partial charge in [-0.1, -0.05) is 35.9 Å². The SMILES string of the molecule is N/C(=C\C(=Nc1ccccc1Cl)c1ccc(C(=O)NCCOCCO)cc1)C(F)(F)F. The molecule has 0 atom stereocenters. The summed E-state index contributed by atoms with van der Waals surface area (Å²) in [4.78, 5) is 16.4. The quantitative estimate of drug-likeness (QED) is 0.397. The molecule has 0 bridgehead atoms. The van der Waals surface area contributed by atoms with E-state index < -0.39 is 11.9 Å². The van der Waals surface area contributed by atoms with Gasteiger partial charge < -0.3 is 20.9 Å². The molecule has 2 aromatic carbocycles. The largest absolute Gasteiger partial charge is 0.430 e. The summed E-state index contributed by atoms with van der Waals surface area (Å²) in [5.41, 5.74) is 4.69. The molecule has 31 heavy (non-hydrogen) atoms. The van der Waals surface area contributed by atoms with Gasteiger partial charge in [-0.15, -0.1) is 0 Å². The van der Waals surface area contributed by atoms with Crippen LogP contribution in [-0.4, -0.2) is 49.3 Å². The third-order valence-corrected chi connectivity index (χ3v) is 4.24. The maximum atomic E-state index is 13.0. The zero-order chi connectivity index (χ0) is 22.9. The molecule has 0 aromatic heterocycles. The first-order chi connectivity index (χ1) is 14.7. The number of aliphatic hydroxyl groups excluding tert-OH is 1. The van der Waals surface area contributed by atoms with Gasteiger partial charge in [0, 0.05) is 17.7 Å². The molecule has 4 N–H and O–H groups in total. The van der Waals surface area contributed by atoms with Crippen molar-refractivity contribution in [2.45, 2.75) is 6.18 Å². The van der Waals surface area contributed by atoms with E-state index >= 15 is 0 Å². The molecular formula is C21H21ClF3N3O3. The van der Waals surface area contributed by atoms with Gasteiger partial charge in [-0.25, -0.2) is 4.99 Å². The molecule has 6 nitrogen and oxygen atoms in total. The fourth-order valence-electron chi connectivity index (χ4n) is 2.38. The average molecular weight is 456 g/mol. The lowest BCUT2D eigenvalue weighted by Crippen LogP contribution is -2.27. The molecule has 0 saturated heterocycles. The molecular weight excluding hydrogens is 435 g/mol. The van der Waals surface area contributed by atoms with E-state index in [9.17, 15) is 18.0 Å². The van der Waals surface area contributed by atoms with Gasteiger partial charge in [0.2, 0.25) is 0 Å². The van der Waals surface area contributed by atoms with E-state index in [4.69, 9.17) is 27.2 Å². The van der Waals surface area contributed by atoms with Crippen LogP contribution in [-0.2, 0) is 4.74 Å². The van der Waals surface area contributed by atoms with Crippen molar-refractivity contribution in [2.75, 3.05) is 26.4 Å². The maximum Gasteiger partial charge on any atom is 0.430 e. The van der Waals surface area contributed by atoms with Crippen molar-refractivity contribution in [3.63, 3.8) is 0 Å². The number of carbonyl (C=O) groups is 1. The molecule has 10 heteroatoms. The number of alkyl halides is 3. The Balaban J connectivity index is 2.27. The number of nitrogens with two attached hydrogens (primary N) is 1. The topological polar surface area (TPSA) is 96.9 Å². The molecule has 0 spiro atoms. The predicted octanol–water partition coefficient (Wildman–Crippen LogP) is 3.60. The lowest BCUT2D eigenvalue weighted by molar-refractivity contribution is -0.0925. The summed E-state index contributed by atoms with van der Waals surface area (Å²) in [6.45, 7) is 0.540. The molecule has 0 aliphatic heterocycles. The number of para-hydroxylation sites is 1. The van der Waals surface area contributed by atoms with E-state index in [-0.39, 0.29) is 48.7 Å². The molecule has 0 radical (unpaired) electrons. The highest BCUT2D eigenvalue weighted by Crippen LogP contribution is 2.27. The van der Waals surface area contributed by atoms with Gasteiger partial charge in [-0.05, 0) is 30.3 Å². The van der Waals surface area contributed by atoms with Crippen LogP contribution in [0.4, 0.5) is 18.9 Å². The number of allylic oxidation sites excluding steroid dienone is 2. The van der Waals surface area contributed by atoms with Crippen molar-refractivity contribution in [3.05, 3.63) is 76.5 Å². The first-order valence-electron chi connectivity index (χ1n) is 9.17. The number of aliphatic hydroxyl groups is 1. The summed E-state index contributed by atoms with van der Waals surface area (Å²) in [6, 6.07) is 12.3. The van der Waals surface area contributed by atoms with Gasteiger partial charge in [0.1, 0.15) is 5.70 Å². The molecule has 0 saturated carbocycles. The van der Waals surface area contributed by atoms with Crippen LogP contribution >= 0.6 is 11.6 Å². The first-order valence-corrected chi connectivity index (χ1v) is 9.55. The van der Waals surface area contributed by atoms with Crippen molar-refractivity contribution in [2.24, 2.45) is 10.7 Å². The van der Waals surface area contributed by atoms with Crippen LogP contribution in [0.1, 0.15) is 15.9 Å². The van der Waals surface area contributed by atoms with E-state index in [0.29, 0.717) is 11.1 Å². The Labute approximate surface area is 182 Å². The van der Waals surface area contributed by atoms with Crippen LogP contribution in [0.5, 0.6) is 0 Å². The second-order valence-electron chi connectivity index (χ2n) is 6.22. The summed E-state index contributed by atoms with van der Waals surface area (Å²) in [6.07, 6.45) is -4.00. The van der Waals surface area contributed by atoms with Crippen molar-refractivity contribution in [1.29, 1.82) is 0 Å². The van der Waals surface area contributed by atoms with Crippen molar-refractivity contribution < 1.29 is 27.8 Å². The summed E-state index contributed by atoms with van der Waals surface area (Å²) in [5, 5.41) is 11.5. The number of amides is 1. The summed E-state index contributed by atoms with van der Waals surface area (Å²) < 4.78 is 43.9. The standard InChI is InChI=1S/C21H21ClF3N3O3/c22-16-3-1-2-4-17(16)28-18(13-19(26)21(23,24)25)14-5-7-15(8-6-14)20(30)27-9-11-31-12-10-29/h1-8,13,29H,9-12,26H2,(H,27,30)/b19-13-,28-18?. The number of nitrogens with zero attached hydrogens (tertiary/aromatic N) is 1. The minimum Gasteiger partial charge on any atom is -0.395 e. The van der Waals surface area contributed by atoms with Gasteiger partial charge >= 0.3 is 6.18 Å². The Morgan fingerprint density at radius 3 is 2.39 bits per heavy atom. The van der Waals surface area contributed by atoms with Gasteiger partial charge in [0.25, 0.3) is 5.91 Å². The molecule has 0 aliphatic carbocycles. The number of hydrogen-bond acceptors (Lipinski definition) is 5. The molecule has 2 aromatic rings. The monoisotopic (exact) mass is 455 g/mol. The average Bonchev–Trinajstić information content (AvgIpc) is 2.74. The molecule has 2 rings (SSSR count). The van der Waals surface area contributed by atoms with Crippen LogP contribution in [0.25, 0.3) is 0 Å². The number of rotatable bonds is 9. The third kappa shape index (κ3) is 7.71. The number of benzene rings is 2. The Bertz CT molecular complexity index is 945. The third-order valence-electron chi connectivity index (χ3n) is 3.92. The van der Waals surface area contributed by atoms with Crippen LogP contribution < -0.4 is 11.1 Å². The lowest BCUT2D eigenvalue weighted by atomic mass is 10.1. The Kier molecular flexibility index (Phi) is 9.04. The van der Waals surface area contributed by atoms with E-state index in [1.807, 2.05) is 0 Å². The van der Waals surface area contributed by atoms with Crippen LogP contribution in [0, 0.1) is 0 Å². The van der Waals surface area contributed by atoms with Crippen molar-refractivity contribution >= 4 is 28.9 Å². The molecule has 0 heterocycles. The van der Waals surface area contributed by atoms with E-state index in [0.717, 1.165) is 6.08 Å². The Morgan fingerprint density at radius 1 is 1.13 bits per heavy atom. The molecule has 166 valence electrons. The number of halogens is 4. The molecule has 0 fully saturated rings. The van der Waals surface area contributed by atoms with E-state index in [1.54, 1.807) is 24.3 Å². The highest BCUT2D eigenvalue weighted by atomic mass is 35.5. The molecule has 0 unspecified atom stereocenters. The van der Waals surface area contributed by atoms with Gasteiger partial charge in [-0.3, -0.25) is 4.79 Å². The number of hydrogen-bond donors (Lipinski definition) is 3. The Morgan fingerprint density at radius 2 is 1.77 bits per heavy atom. The molecule has 0 aliphatic rings.